The summed E-state index contributed by atoms with van der Waals surface area (Å²) in [7, 11) is 1.48. The molecule has 3 aromatic rings. The van der Waals surface area contributed by atoms with Crippen LogP contribution in [0.4, 0.5) is 10.1 Å². The Balaban J connectivity index is 1.51. The van der Waals surface area contributed by atoms with E-state index < -0.39 is 18.2 Å². The Kier molecular flexibility index (Phi) is 4.77. The lowest BCUT2D eigenvalue weighted by Gasteiger charge is -2.41. The van der Waals surface area contributed by atoms with E-state index in [4.69, 9.17) is 19.2 Å². The lowest BCUT2D eigenvalue weighted by molar-refractivity contribution is -0.0235. The lowest BCUT2D eigenvalue weighted by Crippen LogP contribution is -2.48. The van der Waals surface area contributed by atoms with Crippen LogP contribution < -0.4 is 14.8 Å². The van der Waals surface area contributed by atoms with Gasteiger partial charge in [0.2, 0.25) is 11.5 Å². The van der Waals surface area contributed by atoms with Crippen LogP contribution in [0.1, 0.15) is 42.9 Å². The SMILES string of the molecule is COc1ncccc1NC(=O)c1cn2cc(C34COC(CF)(C3)C4)nc2c(OC(C)C)n1. The Morgan fingerprint density at radius 2 is 2.12 bits per heavy atom. The van der Waals surface area contributed by atoms with E-state index in [0.717, 1.165) is 5.69 Å². The van der Waals surface area contributed by atoms with Gasteiger partial charge in [-0.1, -0.05) is 0 Å². The molecule has 10 heteroatoms. The van der Waals surface area contributed by atoms with Crippen LogP contribution in [0.2, 0.25) is 0 Å². The number of nitrogens with one attached hydrogen (secondary N) is 1. The summed E-state index contributed by atoms with van der Waals surface area (Å²) in [6, 6.07) is 3.39. The number of amides is 1. The second kappa shape index (κ2) is 7.40. The van der Waals surface area contributed by atoms with E-state index in [1.165, 1.54) is 7.11 Å². The summed E-state index contributed by atoms with van der Waals surface area (Å²) >= 11 is 0. The molecule has 168 valence electrons. The number of halogens is 1. The number of hydrogen-bond acceptors (Lipinski definition) is 7. The summed E-state index contributed by atoms with van der Waals surface area (Å²) in [6.07, 6.45) is 6.06. The van der Waals surface area contributed by atoms with Gasteiger partial charge in [-0.05, 0) is 38.8 Å². The van der Waals surface area contributed by atoms with Crippen molar-refractivity contribution >= 4 is 17.2 Å². The number of alkyl halides is 1. The van der Waals surface area contributed by atoms with E-state index in [9.17, 15) is 9.18 Å². The molecule has 6 rings (SSSR count). The number of imidazole rings is 1. The maximum Gasteiger partial charge on any atom is 0.276 e. The van der Waals surface area contributed by atoms with Gasteiger partial charge in [-0.25, -0.2) is 19.3 Å². The fourth-order valence-corrected chi connectivity index (χ4v) is 4.54. The average Bonchev–Trinajstić information content (AvgIpc) is 3.45. The van der Waals surface area contributed by atoms with Gasteiger partial charge in [-0.3, -0.25) is 9.20 Å². The molecule has 0 spiro atoms. The highest BCUT2D eigenvalue weighted by atomic mass is 19.1. The zero-order chi connectivity index (χ0) is 22.5. The molecule has 0 atom stereocenters. The van der Waals surface area contributed by atoms with Crippen molar-refractivity contribution in [3.63, 3.8) is 0 Å². The molecule has 2 saturated heterocycles. The average molecular weight is 441 g/mol. The van der Waals surface area contributed by atoms with Crippen LogP contribution in [-0.2, 0) is 10.2 Å². The maximum absolute atomic E-state index is 13.4. The first-order valence-corrected chi connectivity index (χ1v) is 10.4. The van der Waals surface area contributed by atoms with Gasteiger partial charge < -0.3 is 19.5 Å². The topological polar surface area (TPSA) is 99.9 Å². The van der Waals surface area contributed by atoms with E-state index >= 15 is 0 Å². The molecule has 2 bridgehead atoms. The van der Waals surface area contributed by atoms with Crippen LogP contribution >= 0.6 is 0 Å². The minimum Gasteiger partial charge on any atom is -0.480 e. The summed E-state index contributed by atoms with van der Waals surface area (Å²) in [5.74, 6) is 0.111. The monoisotopic (exact) mass is 441 g/mol. The minimum absolute atomic E-state index is 0.148. The third-order valence-electron chi connectivity index (χ3n) is 5.96. The normalized spacial score (nSPS) is 23.9. The fourth-order valence-electron chi connectivity index (χ4n) is 4.54. The van der Waals surface area contributed by atoms with Crippen LogP contribution in [0.3, 0.4) is 0 Å². The molecule has 2 aliphatic heterocycles. The molecule has 1 N–H and O–H groups in total. The van der Waals surface area contributed by atoms with Crippen molar-refractivity contribution in [3.05, 3.63) is 42.1 Å². The number of nitrogens with zero attached hydrogens (tertiary/aromatic N) is 4. The largest absolute Gasteiger partial charge is 0.480 e. The predicted molar refractivity (Wildman–Crippen MR) is 113 cm³/mol. The van der Waals surface area contributed by atoms with Gasteiger partial charge in [0.05, 0.1) is 31.1 Å². The highest BCUT2D eigenvalue weighted by molar-refractivity contribution is 6.03. The molecule has 3 aliphatic rings. The number of fused-ring (bicyclic) bond motifs is 2. The summed E-state index contributed by atoms with van der Waals surface area (Å²) in [5.41, 5.74) is 0.898. The third-order valence-corrected chi connectivity index (χ3v) is 5.96. The number of carbonyl (C=O) groups excluding carboxylic acids is 1. The number of carbonyl (C=O) groups is 1. The first-order chi connectivity index (χ1) is 15.4. The summed E-state index contributed by atoms with van der Waals surface area (Å²) in [5, 5.41) is 2.77. The molecule has 0 unspecified atom stereocenters. The second-order valence-corrected chi connectivity index (χ2v) is 8.71. The van der Waals surface area contributed by atoms with E-state index in [-0.39, 0.29) is 23.1 Å². The Bertz CT molecular complexity index is 1190. The van der Waals surface area contributed by atoms with Crippen molar-refractivity contribution in [2.45, 2.75) is 43.8 Å². The van der Waals surface area contributed by atoms with Gasteiger partial charge in [0.25, 0.3) is 11.8 Å². The van der Waals surface area contributed by atoms with Crippen molar-refractivity contribution in [2.75, 3.05) is 25.7 Å². The molecule has 32 heavy (non-hydrogen) atoms. The zero-order valence-corrected chi connectivity index (χ0v) is 18.1. The van der Waals surface area contributed by atoms with E-state index in [0.29, 0.717) is 36.7 Å². The zero-order valence-electron chi connectivity index (χ0n) is 18.1. The van der Waals surface area contributed by atoms with Gasteiger partial charge >= 0.3 is 0 Å². The van der Waals surface area contributed by atoms with Gasteiger partial charge in [0, 0.05) is 24.0 Å². The molecule has 1 saturated carbocycles. The first-order valence-electron chi connectivity index (χ1n) is 10.4. The van der Waals surface area contributed by atoms with Crippen LogP contribution in [0.5, 0.6) is 11.8 Å². The van der Waals surface area contributed by atoms with Gasteiger partial charge in [0.15, 0.2) is 0 Å². The van der Waals surface area contributed by atoms with Crippen LogP contribution in [0.25, 0.3) is 5.65 Å². The standard InChI is InChI=1S/C22H24FN5O4/c1-13(2)32-20-17-27-16(21-9-22(10-21,11-23)31-12-21)8-28(17)7-15(26-20)18(29)25-14-5-4-6-24-19(14)30-3/h4-8,13H,9-12H2,1-3H3,(H,25,29). The number of aromatic nitrogens is 4. The number of pyridine rings is 1. The third kappa shape index (κ3) is 3.26. The van der Waals surface area contributed by atoms with E-state index in [1.807, 2.05) is 20.0 Å². The van der Waals surface area contributed by atoms with Crippen molar-refractivity contribution in [1.29, 1.82) is 0 Å². The van der Waals surface area contributed by atoms with E-state index in [2.05, 4.69) is 15.3 Å². The molecule has 0 radical (unpaired) electrons. The van der Waals surface area contributed by atoms with Crippen molar-refractivity contribution in [2.24, 2.45) is 0 Å². The molecule has 1 aliphatic carbocycles. The van der Waals surface area contributed by atoms with Gasteiger partial charge in [-0.15, -0.1) is 0 Å². The fraction of sp³-hybridized carbons (Fsp3) is 0.455. The number of rotatable bonds is 7. The van der Waals surface area contributed by atoms with Crippen LogP contribution in [0, 0.1) is 0 Å². The van der Waals surface area contributed by atoms with Gasteiger partial charge in [0.1, 0.15) is 18.1 Å². The van der Waals surface area contributed by atoms with Crippen molar-refractivity contribution in [1.82, 2.24) is 19.4 Å². The molecule has 3 fully saturated rings. The highest BCUT2D eigenvalue weighted by Crippen LogP contribution is 2.58. The predicted octanol–water partition coefficient (Wildman–Crippen LogP) is 2.94. The molecule has 9 nitrogen and oxygen atoms in total. The Morgan fingerprint density at radius 3 is 2.81 bits per heavy atom. The summed E-state index contributed by atoms with van der Waals surface area (Å²) < 4.78 is 31.9. The molecule has 5 heterocycles. The van der Waals surface area contributed by atoms with Crippen LogP contribution in [0.15, 0.2) is 30.7 Å². The maximum atomic E-state index is 13.4. The molecular weight excluding hydrogens is 417 g/mol. The number of anilines is 1. The molecule has 3 aromatic heterocycles. The Hall–Kier alpha value is -3.27. The molecular formula is C22H24FN5O4. The first kappa shape index (κ1) is 20.6. The summed E-state index contributed by atoms with van der Waals surface area (Å²) in [4.78, 5) is 26.2. The number of methoxy groups -OCH3 is 1. The molecule has 0 aromatic carbocycles. The Labute approximate surface area is 183 Å². The lowest BCUT2D eigenvalue weighted by atomic mass is 9.61. The highest BCUT2D eigenvalue weighted by Gasteiger charge is 2.64. The van der Waals surface area contributed by atoms with Crippen molar-refractivity contribution < 1.29 is 23.4 Å². The Morgan fingerprint density at radius 1 is 1.31 bits per heavy atom. The number of hydrogen-bond donors (Lipinski definition) is 1. The van der Waals surface area contributed by atoms with Crippen LogP contribution in [-0.4, -0.2) is 57.4 Å². The van der Waals surface area contributed by atoms with Crippen molar-refractivity contribution in [3.8, 4) is 11.8 Å². The summed E-state index contributed by atoms with van der Waals surface area (Å²) in [6.45, 7) is 3.69. The van der Waals surface area contributed by atoms with Gasteiger partial charge in [-0.2, -0.15) is 0 Å². The van der Waals surface area contributed by atoms with E-state index in [1.54, 1.807) is 28.9 Å². The second-order valence-electron chi connectivity index (χ2n) is 8.71. The quantitative estimate of drug-likeness (QED) is 0.602. The minimum atomic E-state index is -0.668. The molecule has 1 amide bonds. The number of ether oxygens (including phenoxy) is 3. The smallest absolute Gasteiger partial charge is 0.276 e.